The van der Waals surface area contributed by atoms with Gasteiger partial charge in [-0.3, -0.25) is 19.8 Å². The van der Waals surface area contributed by atoms with Crippen molar-refractivity contribution in [2.75, 3.05) is 16.0 Å². The van der Waals surface area contributed by atoms with Gasteiger partial charge in [0.25, 0.3) is 0 Å². The van der Waals surface area contributed by atoms with Gasteiger partial charge >= 0.3 is 6.03 Å². The highest BCUT2D eigenvalue weighted by Crippen LogP contribution is 2.35. The highest BCUT2D eigenvalue weighted by molar-refractivity contribution is 8.01. The van der Waals surface area contributed by atoms with Crippen molar-refractivity contribution in [2.24, 2.45) is 0 Å². The van der Waals surface area contributed by atoms with Crippen LogP contribution in [0.5, 0.6) is 0 Å². The van der Waals surface area contributed by atoms with E-state index < -0.39 is 11.9 Å². The number of imide groups is 1. The fourth-order valence-corrected chi connectivity index (χ4v) is 3.97. The molecule has 2 N–H and O–H groups in total. The second-order valence-electron chi connectivity index (χ2n) is 5.63. The largest absolute Gasteiger partial charge is 0.325 e. The van der Waals surface area contributed by atoms with Crippen molar-refractivity contribution in [2.45, 2.75) is 30.1 Å². The molecule has 1 fully saturated rings. The van der Waals surface area contributed by atoms with Crippen LogP contribution < -0.4 is 15.5 Å². The first-order valence-corrected chi connectivity index (χ1v) is 9.75. The minimum atomic E-state index is -0.587. The number of thioether (sulfide) groups is 1. The molecule has 1 saturated carbocycles. The van der Waals surface area contributed by atoms with Gasteiger partial charge in [-0.15, -0.1) is 10.2 Å². The zero-order valence-electron chi connectivity index (χ0n) is 14.0. The molecular weight excluding hydrogens is 374 g/mol. The average Bonchev–Trinajstić information content (AvgIpc) is 3.31. The van der Waals surface area contributed by atoms with Gasteiger partial charge in [0.05, 0.1) is 5.75 Å². The van der Waals surface area contributed by atoms with Crippen molar-refractivity contribution >= 4 is 51.8 Å². The first kappa shape index (κ1) is 18.3. The Morgan fingerprint density at radius 1 is 1.23 bits per heavy atom. The topological polar surface area (TPSA) is 104 Å². The van der Waals surface area contributed by atoms with E-state index >= 15 is 0 Å². The van der Waals surface area contributed by atoms with E-state index in [0.717, 1.165) is 12.8 Å². The van der Waals surface area contributed by atoms with Crippen molar-refractivity contribution in [1.29, 1.82) is 0 Å². The predicted octanol–water partition coefficient (Wildman–Crippen LogP) is 2.49. The summed E-state index contributed by atoms with van der Waals surface area (Å²) in [4.78, 5) is 37.0. The van der Waals surface area contributed by atoms with E-state index in [-0.39, 0.29) is 17.7 Å². The lowest BCUT2D eigenvalue weighted by atomic mass is 10.3. The molecule has 26 heavy (non-hydrogen) atoms. The monoisotopic (exact) mass is 391 g/mol. The van der Waals surface area contributed by atoms with Gasteiger partial charge < -0.3 is 5.32 Å². The van der Waals surface area contributed by atoms with Crippen LogP contribution in [0.2, 0.25) is 0 Å². The number of rotatable bonds is 6. The summed E-state index contributed by atoms with van der Waals surface area (Å²) in [5, 5.41) is 13.4. The summed E-state index contributed by atoms with van der Waals surface area (Å²) in [7, 11) is 0. The van der Waals surface area contributed by atoms with Crippen molar-refractivity contribution in [3.63, 3.8) is 0 Å². The quantitative estimate of drug-likeness (QED) is 0.579. The molecule has 0 unspecified atom stereocenters. The molecule has 1 aliphatic carbocycles. The smallest absolute Gasteiger partial charge is 0.308 e. The summed E-state index contributed by atoms with van der Waals surface area (Å²) in [6.07, 6.45) is 1.95. The Hall–Kier alpha value is -2.46. The minimum Gasteiger partial charge on any atom is -0.308 e. The van der Waals surface area contributed by atoms with E-state index in [0.29, 0.717) is 15.2 Å². The molecule has 0 bridgehead atoms. The van der Waals surface area contributed by atoms with Gasteiger partial charge in [0.15, 0.2) is 4.34 Å². The number of nitrogens with zero attached hydrogens (tertiary/aromatic N) is 3. The van der Waals surface area contributed by atoms with E-state index in [1.807, 2.05) is 6.07 Å². The number of para-hydroxylation sites is 1. The van der Waals surface area contributed by atoms with E-state index in [1.54, 1.807) is 29.2 Å². The molecular formula is C16H17N5O3S2. The van der Waals surface area contributed by atoms with E-state index in [2.05, 4.69) is 20.8 Å². The first-order valence-electron chi connectivity index (χ1n) is 7.95. The molecule has 0 atom stereocenters. The van der Waals surface area contributed by atoms with Crippen LogP contribution in [0.1, 0.15) is 19.8 Å². The third-order valence-electron chi connectivity index (χ3n) is 3.46. The fourth-order valence-electron chi connectivity index (χ4n) is 2.21. The van der Waals surface area contributed by atoms with Crippen LogP contribution in [-0.4, -0.2) is 39.8 Å². The summed E-state index contributed by atoms with van der Waals surface area (Å²) in [5.74, 6) is -0.471. The molecule has 2 aromatic rings. The van der Waals surface area contributed by atoms with Gasteiger partial charge in [-0.1, -0.05) is 41.3 Å². The van der Waals surface area contributed by atoms with Gasteiger partial charge in [-0.25, -0.2) is 4.79 Å². The number of carbonyl (C=O) groups is 3. The molecule has 0 radical (unpaired) electrons. The maximum Gasteiger partial charge on any atom is 0.325 e. The molecule has 1 aliphatic rings. The number of aromatic nitrogens is 2. The summed E-state index contributed by atoms with van der Waals surface area (Å²) in [6.45, 7) is 1.51. The number of hydrogen-bond donors (Lipinski definition) is 2. The summed E-state index contributed by atoms with van der Waals surface area (Å²) >= 11 is 2.44. The number of hydrogen-bond acceptors (Lipinski definition) is 7. The van der Waals surface area contributed by atoms with Crippen molar-refractivity contribution < 1.29 is 14.4 Å². The third-order valence-corrected chi connectivity index (χ3v) is 5.52. The van der Waals surface area contributed by atoms with Crippen molar-refractivity contribution in [3.05, 3.63) is 30.3 Å². The van der Waals surface area contributed by atoms with E-state index in [4.69, 9.17) is 0 Å². The molecule has 136 valence electrons. The predicted molar refractivity (Wildman–Crippen MR) is 100 cm³/mol. The standard InChI is InChI=1S/C16H17N5O3S2/c1-10(22)21(12-7-8-12)15-19-20-16(26-15)25-9-13(23)18-14(24)17-11-5-3-2-4-6-11/h2-6,12H,7-9H2,1H3,(H2,17,18,23,24). The first-order chi connectivity index (χ1) is 12.5. The maximum atomic E-state index is 11.9. The molecule has 0 saturated heterocycles. The Kier molecular flexibility index (Phi) is 5.84. The SMILES string of the molecule is CC(=O)N(c1nnc(SCC(=O)NC(=O)Nc2ccccc2)s1)C1CC1. The van der Waals surface area contributed by atoms with Gasteiger partial charge in [-0.05, 0) is 25.0 Å². The van der Waals surface area contributed by atoms with Crippen molar-refractivity contribution in [3.8, 4) is 0 Å². The van der Waals surface area contributed by atoms with Gasteiger partial charge in [-0.2, -0.15) is 0 Å². The number of benzene rings is 1. The lowest BCUT2D eigenvalue weighted by Gasteiger charge is -2.15. The van der Waals surface area contributed by atoms with Crippen LogP contribution in [0.25, 0.3) is 0 Å². The number of anilines is 2. The molecule has 0 aliphatic heterocycles. The van der Waals surface area contributed by atoms with Crippen LogP contribution in [0.4, 0.5) is 15.6 Å². The summed E-state index contributed by atoms with van der Waals surface area (Å²) in [6, 6.07) is 8.47. The Morgan fingerprint density at radius 2 is 1.96 bits per heavy atom. The molecule has 0 spiro atoms. The number of nitrogens with one attached hydrogen (secondary N) is 2. The lowest BCUT2D eigenvalue weighted by Crippen LogP contribution is -2.35. The Balaban J connectivity index is 1.47. The molecule has 1 heterocycles. The molecule has 1 aromatic heterocycles. The number of carbonyl (C=O) groups excluding carboxylic acids is 3. The normalized spacial score (nSPS) is 13.1. The Labute approximate surface area is 158 Å². The van der Waals surface area contributed by atoms with Crippen LogP contribution in [-0.2, 0) is 9.59 Å². The van der Waals surface area contributed by atoms with Gasteiger partial charge in [0, 0.05) is 18.7 Å². The van der Waals surface area contributed by atoms with Crippen LogP contribution >= 0.6 is 23.1 Å². The zero-order chi connectivity index (χ0) is 18.5. The number of amides is 4. The van der Waals surface area contributed by atoms with Crippen LogP contribution in [0, 0.1) is 0 Å². The minimum absolute atomic E-state index is 0.0281. The van der Waals surface area contributed by atoms with E-state index in [9.17, 15) is 14.4 Å². The number of urea groups is 1. The highest BCUT2D eigenvalue weighted by Gasteiger charge is 2.34. The maximum absolute atomic E-state index is 11.9. The summed E-state index contributed by atoms with van der Waals surface area (Å²) in [5.41, 5.74) is 0.601. The summed E-state index contributed by atoms with van der Waals surface area (Å²) < 4.78 is 0.575. The molecule has 10 heteroatoms. The lowest BCUT2D eigenvalue weighted by molar-refractivity contribution is -0.118. The second-order valence-corrected chi connectivity index (χ2v) is 7.81. The third kappa shape index (κ3) is 5.02. The molecule has 3 rings (SSSR count). The average molecular weight is 391 g/mol. The Bertz CT molecular complexity index is 807. The molecule has 1 aromatic carbocycles. The van der Waals surface area contributed by atoms with Crippen LogP contribution in [0.15, 0.2) is 34.7 Å². The highest BCUT2D eigenvalue weighted by atomic mass is 32.2. The molecule has 8 nitrogen and oxygen atoms in total. The van der Waals surface area contributed by atoms with Gasteiger partial charge in [0.2, 0.25) is 16.9 Å². The molecule has 4 amide bonds. The van der Waals surface area contributed by atoms with Gasteiger partial charge in [0.1, 0.15) is 0 Å². The zero-order valence-corrected chi connectivity index (χ0v) is 15.6. The van der Waals surface area contributed by atoms with Crippen LogP contribution in [0.3, 0.4) is 0 Å². The Morgan fingerprint density at radius 3 is 2.62 bits per heavy atom. The fraction of sp³-hybridized carbons (Fsp3) is 0.312. The van der Waals surface area contributed by atoms with Crippen molar-refractivity contribution in [1.82, 2.24) is 15.5 Å². The second kappa shape index (κ2) is 8.28. The van der Waals surface area contributed by atoms with E-state index in [1.165, 1.54) is 30.0 Å².